The monoisotopic (exact) mass is 496 g/mol. The Morgan fingerprint density at radius 3 is 2.25 bits per heavy atom. The first-order chi connectivity index (χ1) is 15.5. The maximum Gasteiger partial charge on any atom is 0.243 e. The highest BCUT2D eigenvalue weighted by atomic mass is 79.9. The second kappa shape index (κ2) is 11.6. The van der Waals surface area contributed by atoms with Gasteiger partial charge in [-0.1, -0.05) is 76.6 Å². The molecule has 3 aromatic rings. The second-order valence-corrected chi connectivity index (χ2v) is 8.43. The predicted molar refractivity (Wildman–Crippen MR) is 127 cm³/mol. The molecule has 2 amide bonds. The fourth-order valence-corrected chi connectivity index (χ4v) is 3.80. The Labute approximate surface area is 196 Å². The van der Waals surface area contributed by atoms with E-state index >= 15 is 0 Å². The van der Waals surface area contributed by atoms with Crippen LogP contribution in [-0.4, -0.2) is 29.3 Å². The number of rotatable bonds is 9. The van der Waals surface area contributed by atoms with E-state index in [0.29, 0.717) is 18.5 Å². The van der Waals surface area contributed by atoms with E-state index in [9.17, 15) is 14.0 Å². The van der Waals surface area contributed by atoms with E-state index in [1.807, 2.05) is 61.5 Å². The van der Waals surface area contributed by atoms with E-state index in [0.717, 1.165) is 15.6 Å². The molecule has 3 aromatic carbocycles. The molecular formula is C26H26BrFN2O2. The number of likely N-dealkylation sites (N-methyl/N-ethyl adjacent to an activating group) is 1. The second-order valence-electron chi connectivity index (χ2n) is 7.52. The average Bonchev–Trinajstić information content (AvgIpc) is 2.79. The van der Waals surface area contributed by atoms with Crippen molar-refractivity contribution in [1.29, 1.82) is 0 Å². The van der Waals surface area contributed by atoms with Crippen molar-refractivity contribution in [1.82, 2.24) is 10.2 Å². The molecule has 0 spiro atoms. The minimum absolute atomic E-state index is 0.117. The maximum atomic E-state index is 14.3. The van der Waals surface area contributed by atoms with E-state index in [1.165, 1.54) is 6.07 Å². The van der Waals surface area contributed by atoms with Crippen molar-refractivity contribution < 1.29 is 14.0 Å². The van der Waals surface area contributed by atoms with Crippen molar-refractivity contribution in [3.05, 3.63) is 106 Å². The molecule has 0 aromatic heterocycles. The van der Waals surface area contributed by atoms with Gasteiger partial charge >= 0.3 is 0 Å². The van der Waals surface area contributed by atoms with E-state index in [1.54, 1.807) is 23.1 Å². The van der Waals surface area contributed by atoms with Crippen LogP contribution in [0.3, 0.4) is 0 Å². The molecule has 0 saturated carbocycles. The first-order valence-electron chi connectivity index (χ1n) is 10.6. The first-order valence-corrected chi connectivity index (χ1v) is 11.4. The molecule has 0 aliphatic rings. The molecule has 1 N–H and O–H groups in total. The molecule has 0 heterocycles. The number of benzene rings is 3. The lowest BCUT2D eigenvalue weighted by molar-refractivity contribution is -0.140. The number of nitrogens with one attached hydrogen (secondary N) is 1. The SMILES string of the molecule is CCNC(=O)[C@H](Cc1ccccc1)N(Cc1ccc(Br)cc1)C(=O)Cc1ccccc1F. The van der Waals surface area contributed by atoms with Crippen LogP contribution >= 0.6 is 15.9 Å². The number of carbonyl (C=O) groups excluding carboxylic acids is 2. The third-order valence-corrected chi connectivity index (χ3v) is 5.72. The first kappa shape index (κ1) is 23.7. The highest BCUT2D eigenvalue weighted by molar-refractivity contribution is 9.10. The summed E-state index contributed by atoms with van der Waals surface area (Å²) in [6.45, 7) is 2.55. The molecule has 0 unspecified atom stereocenters. The van der Waals surface area contributed by atoms with Crippen molar-refractivity contribution >= 4 is 27.7 Å². The van der Waals surface area contributed by atoms with Crippen molar-refractivity contribution in [3.8, 4) is 0 Å². The molecule has 0 aliphatic heterocycles. The van der Waals surface area contributed by atoms with Crippen LogP contribution in [0.15, 0.2) is 83.3 Å². The van der Waals surface area contributed by atoms with Crippen LogP contribution in [0.25, 0.3) is 0 Å². The van der Waals surface area contributed by atoms with Gasteiger partial charge < -0.3 is 10.2 Å². The molecule has 0 radical (unpaired) electrons. The van der Waals surface area contributed by atoms with Gasteiger partial charge in [-0.15, -0.1) is 0 Å². The lowest BCUT2D eigenvalue weighted by Gasteiger charge is -2.31. The molecule has 0 bridgehead atoms. The highest BCUT2D eigenvalue weighted by Crippen LogP contribution is 2.19. The average molecular weight is 497 g/mol. The summed E-state index contributed by atoms with van der Waals surface area (Å²) in [5.41, 5.74) is 2.15. The van der Waals surface area contributed by atoms with Gasteiger partial charge in [0.15, 0.2) is 0 Å². The number of halogens is 2. The van der Waals surface area contributed by atoms with Gasteiger partial charge in [-0.2, -0.15) is 0 Å². The third kappa shape index (κ3) is 6.50. The summed E-state index contributed by atoms with van der Waals surface area (Å²) in [7, 11) is 0. The minimum Gasteiger partial charge on any atom is -0.355 e. The summed E-state index contributed by atoms with van der Waals surface area (Å²) >= 11 is 3.42. The van der Waals surface area contributed by atoms with E-state index in [4.69, 9.17) is 0 Å². The van der Waals surface area contributed by atoms with Gasteiger partial charge in [-0.05, 0) is 41.8 Å². The Hall–Kier alpha value is -2.99. The zero-order valence-electron chi connectivity index (χ0n) is 17.9. The van der Waals surface area contributed by atoms with Crippen LogP contribution < -0.4 is 5.32 Å². The van der Waals surface area contributed by atoms with Gasteiger partial charge in [0.1, 0.15) is 11.9 Å². The van der Waals surface area contributed by atoms with Gasteiger partial charge in [-0.25, -0.2) is 4.39 Å². The Bertz CT molecular complexity index is 1040. The molecule has 1 atom stereocenters. The smallest absolute Gasteiger partial charge is 0.243 e. The maximum absolute atomic E-state index is 14.3. The molecule has 0 aliphatic carbocycles. The quantitative estimate of drug-likeness (QED) is 0.457. The van der Waals surface area contributed by atoms with Crippen LogP contribution in [0.2, 0.25) is 0 Å². The van der Waals surface area contributed by atoms with Crippen LogP contribution in [0, 0.1) is 5.82 Å². The standard InChI is InChI=1S/C26H26BrFN2O2/c1-2-29-26(32)24(16-19-8-4-3-5-9-19)30(18-20-12-14-22(27)15-13-20)25(31)17-21-10-6-7-11-23(21)28/h3-15,24H,2,16-18H2,1H3,(H,29,32)/t24-/m0/s1. The van der Waals surface area contributed by atoms with E-state index < -0.39 is 11.9 Å². The zero-order valence-corrected chi connectivity index (χ0v) is 19.5. The topological polar surface area (TPSA) is 49.4 Å². The third-order valence-electron chi connectivity index (χ3n) is 5.19. The molecule has 166 valence electrons. The van der Waals surface area contributed by atoms with Crippen molar-refractivity contribution in [3.63, 3.8) is 0 Å². The Balaban J connectivity index is 1.95. The molecule has 6 heteroatoms. The molecule has 4 nitrogen and oxygen atoms in total. The van der Waals surface area contributed by atoms with Crippen molar-refractivity contribution in [2.45, 2.75) is 32.4 Å². The van der Waals surface area contributed by atoms with Gasteiger partial charge in [-0.3, -0.25) is 9.59 Å². The Kier molecular flexibility index (Phi) is 8.56. The van der Waals surface area contributed by atoms with Crippen LogP contribution in [0.4, 0.5) is 4.39 Å². The van der Waals surface area contributed by atoms with Crippen LogP contribution in [0.1, 0.15) is 23.6 Å². The minimum atomic E-state index is -0.722. The summed E-state index contributed by atoms with van der Waals surface area (Å²) in [6.07, 6.45) is 0.250. The lowest BCUT2D eigenvalue weighted by atomic mass is 10.0. The van der Waals surface area contributed by atoms with Crippen molar-refractivity contribution in [2.75, 3.05) is 6.54 Å². The molecule has 0 fully saturated rings. The lowest BCUT2D eigenvalue weighted by Crippen LogP contribution is -2.51. The Morgan fingerprint density at radius 2 is 1.59 bits per heavy atom. The predicted octanol–water partition coefficient (Wildman–Crippen LogP) is 4.91. The molecule has 3 rings (SSSR count). The summed E-state index contributed by atoms with van der Waals surface area (Å²) in [4.78, 5) is 28.1. The molecule has 32 heavy (non-hydrogen) atoms. The summed E-state index contributed by atoms with van der Waals surface area (Å²) in [5, 5.41) is 2.86. The number of nitrogens with zero attached hydrogens (tertiary/aromatic N) is 1. The number of hydrogen-bond acceptors (Lipinski definition) is 2. The van der Waals surface area contributed by atoms with Gasteiger partial charge in [0.05, 0.1) is 6.42 Å². The van der Waals surface area contributed by atoms with Crippen LogP contribution in [-0.2, 0) is 29.0 Å². The van der Waals surface area contributed by atoms with Gasteiger partial charge in [0.25, 0.3) is 0 Å². The summed E-state index contributed by atoms with van der Waals surface area (Å²) < 4.78 is 15.2. The van der Waals surface area contributed by atoms with E-state index in [-0.39, 0.29) is 24.8 Å². The molecule has 0 saturated heterocycles. The summed E-state index contributed by atoms with van der Waals surface area (Å²) in [5.74, 6) is -0.956. The molecular weight excluding hydrogens is 471 g/mol. The number of amides is 2. The fraction of sp³-hybridized carbons (Fsp3) is 0.231. The summed E-state index contributed by atoms with van der Waals surface area (Å²) in [6, 6.07) is 22.7. The number of hydrogen-bond donors (Lipinski definition) is 1. The van der Waals surface area contributed by atoms with Crippen LogP contribution in [0.5, 0.6) is 0 Å². The normalized spacial score (nSPS) is 11.6. The zero-order chi connectivity index (χ0) is 22.9. The van der Waals surface area contributed by atoms with Gasteiger partial charge in [0, 0.05) is 24.0 Å². The van der Waals surface area contributed by atoms with E-state index in [2.05, 4.69) is 21.2 Å². The largest absolute Gasteiger partial charge is 0.355 e. The highest BCUT2D eigenvalue weighted by Gasteiger charge is 2.30. The number of carbonyl (C=O) groups is 2. The van der Waals surface area contributed by atoms with Gasteiger partial charge in [0.2, 0.25) is 11.8 Å². The van der Waals surface area contributed by atoms with Crippen molar-refractivity contribution in [2.24, 2.45) is 0 Å². The fourth-order valence-electron chi connectivity index (χ4n) is 3.54. The Morgan fingerprint density at radius 1 is 0.938 bits per heavy atom.